The van der Waals surface area contributed by atoms with E-state index in [4.69, 9.17) is 5.73 Å². The molecule has 0 aliphatic heterocycles. The smallest absolute Gasteiger partial charge is 0.221 e. The summed E-state index contributed by atoms with van der Waals surface area (Å²) in [6, 6.07) is -0.00438. The van der Waals surface area contributed by atoms with E-state index >= 15 is 0 Å². The van der Waals surface area contributed by atoms with E-state index in [1.807, 2.05) is 0 Å². The molecule has 1 heterocycles. The van der Waals surface area contributed by atoms with Crippen molar-refractivity contribution < 1.29 is 4.79 Å². The predicted molar refractivity (Wildman–Crippen MR) is 51.3 cm³/mol. The Morgan fingerprint density at radius 1 is 1.67 bits per heavy atom. The summed E-state index contributed by atoms with van der Waals surface area (Å²) >= 11 is 0. The lowest BCUT2D eigenvalue weighted by atomic mass is 10.1. The number of hydrogen-bond acceptors (Lipinski definition) is 5. The second kappa shape index (κ2) is 4.35. The standard InChI is InChI=1S/C8H14N6O/c9-6(5-1-2-5)3-8(15)10-4-7-11-13-14-12-7/h5-6H,1-4,9H2,(H,10,15)(H,11,12,13,14). The van der Waals surface area contributed by atoms with Crippen molar-refractivity contribution in [2.45, 2.75) is 31.8 Å². The Balaban J connectivity index is 1.68. The van der Waals surface area contributed by atoms with Gasteiger partial charge < -0.3 is 11.1 Å². The molecule has 1 aromatic heterocycles. The number of nitrogens with two attached hydrogens (primary N) is 1. The van der Waals surface area contributed by atoms with Crippen LogP contribution in [-0.4, -0.2) is 32.6 Å². The van der Waals surface area contributed by atoms with Crippen molar-refractivity contribution in [2.75, 3.05) is 0 Å². The van der Waals surface area contributed by atoms with Crippen molar-refractivity contribution in [3.05, 3.63) is 5.82 Å². The fourth-order valence-corrected chi connectivity index (χ4v) is 1.41. The van der Waals surface area contributed by atoms with Gasteiger partial charge in [-0.15, -0.1) is 10.2 Å². The molecule has 1 aliphatic rings. The SMILES string of the molecule is NC(CC(=O)NCc1nn[nH]n1)C1CC1. The molecular weight excluding hydrogens is 196 g/mol. The summed E-state index contributed by atoms with van der Waals surface area (Å²) in [5.74, 6) is 0.962. The number of tetrazole rings is 1. The Hall–Kier alpha value is -1.50. The molecule has 1 aliphatic carbocycles. The highest BCUT2D eigenvalue weighted by molar-refractivity contribution is 5.76. The highest BCUT2D eigenvalue weighted by Crippen LogP contribution is 2.32. The van der Waals surface area contributed by atoms with Crippen LogP contribution in [0.1, 0.15) is 25.1 Å². The largest absolute Gasteiger partial charge is 0.349 e. The van der Waals surface area contributed by atoms with Crippen LogP contribution in [-0.2, 0) is 11.3 Å². The highest BCUT2D eigenvalue weighted by Gasteiger charge is 2.29. The Labute approximate surface area is 86.8 Å². The van der Waals surface area contributed by atoms with Crippen LogP contribution >= 0.6 is 0 Å². The van der Waals surface area contributed by atoms with Gasteiger partial charge in [0.15, 0.2) is 5.82 Å². The molecule has 15 heavy (non-hydrogen) atoms. The fraction of sp³-hybridized carbons (Fsp3) is 0.750. The number of H-pyrrole nitrogens is 1. The van der Waals surface area contributed by atoms with E-state index in [2.05, 4.69) is 25.9 Å². The molecule has 7 nitrogen and oxygen atoms in total. The second-order valence-electron chi connectivity index (χ2n) is 3.81. The third-order valence-corrected chi connectivity index (χ3v) is 2.48. The fourth-order valence-electron chi connectivity index (χ4n) is 1.41. The number of aromatic amines is 1. The van der Waals surface area contributed by atoms with Gasteiger partial charge in [0.25, 0.3) is 0 Å². The first-order chi connectivity index (χ1) is 7.25. The van der Waals surface area contributed by atoms with Gasteiger partial charge in [-0.3, -0.25) is 4.79 Å². The van der Waals surface area contributed by atoms with Gasteiger partial charge in [-0.05, 0) is 18.8 Å². The Morgan fingerprint density at radius 3 is 3.07 bits per heavy atom. The average Bonchev–Trinajstić information content (AvgIpc) is 2.93. The second-order valence-corrected chi connectivity index (χ2v) is 3.81. The number of rotatable bonds is 5. The van der Waals surface area contributed by atoms with Crippen LogP contribution in [0.25, 0.3) is 0 Å². The Bertz CT molecular complexity index is 320. The lowest BCUT2D eigenvalue weighted by molar-refractivity contribution is -0.121. The van der Waals surface area contributed by atoms with Crippen LogP contribution in [0.5, 0.6) is 0 Å². The van der Waals surface area contributed by atoms with Gasteiger partial charge in [-0.25, -0.2) is 0 Å². The molecule has 0 aromatic carbocycles. The topological polar surface area (TPSA) is 110 Å². The minimum absolute atomic E-state index is 0.00438. The van der Waals surface area contributed by atoms with E-state index in [1.54, 1.807) is 0 Å². The average molecular weight is 210 g/mol. The Morgan fingerprint density at radius 2 is 2.47 bits per heavy atom. The van der Waals surface area contributed by atoms with Crippen LogP contribution in [0.15, 0.2) is 0 Å². The maximum atomic E-state index is 11.4. The van der Waals surface area contributed by atoms with Gasteiger partial charge >= 0.3 is 0 Å². The van der Waals surface area contributed by atoms with Crippen LogP contribution in [0.3, 0.4) is 0 Å². The molecule has 1 saturated carbocycles. The van der Waals surface area contributed by atoms with Crippen LogP contribution in [0, 0.1) is 5.92 Å². The summed E-state index contributed by atoms with van der Waals surface area (Å²) in [6.45, 7) is 0.298. The van der Waals surface area contributed by atoms with Crippen LogP contribution in [0.2, 0.25) is 0 Å². The Kier molecular flexibility index (Phi) is 2.91. The number of amides is 1. The molecule has 0 radical (unpaired) electrons. The summed E-state index contributed by atoms with van der Waals surface area (Å²) in [6.07, 6.45) is 2.68. The van der Waals surface area contributed by atoms with Gasteiger partial charge in [0.1, 0.15) is 0 Å². The first-order valence-electron chi connectivity index (χ1n) is 5.00. The van der Waals surface area contributed by atoms with Gasteiger partial charge in [-0.1, -0.05) is 5.21 Å². The molecule has 7 heteroatoms. The molecular formula is C8H14N6O. The lowest BCUT2D eigenvalue weighted by Gasteiger charge is -2.09. The van der Waals surface area contributed by atoms with E-state index in [-0.39, 0.29) is 11.9 Å². The lowest BCUT2D eigenvalue weighted by Crippen LogP contribution is -2.32. The maximum Gasteiger partial charge on any atom is 0.221 e. The summed E-state index contributed by atoms with van der Waals surface area (Å²) in [5.41, 5.74) is 5.82. The summed E-state index contributed by atoms with van der Waals surface area (Å²) < 4.78 is 0. The minimum Gasteiger partial charge on any atom is -0.349 e. The molecule has 4 N–H and O–H groups in total. The van der Waals surface area contributed by atoms with E-state index < -0.39 is 0 Å². The van der Waals surface area contributed by atoms with Crippen molar-refractivity contribution in [3.63, 3.8) is 0 Å². The number of nitrogens with zero attached hydrogens (tertiary/aromatic N) is 3. The monoisotopic (exact) mass is 210 g/mol. The first-order valence-corrected chi connectivity index (χ1v) is 5.00. The molecule has 1 fully saturated rings. The third-order valence-electron chi connectivity index (χ3n) is 2.48. The van der Waals surface area contributed by atoms with Crippen molar-refractivity contribution in [2.24, 2.45) is 11.7 Å². The zero-order valence-corrected chi connectivity index (χ0v) is 8.31. The molecule has 82 valence electrons. The number of nitrogens with one attached hydrogen (secondary N) is 2. The summed E-state index contributed by atoms with van der Waals surface area (Å²) in [7, 11) is 0. The number of hydrogen-bond donors (Lipinski definition) is 3. The van der Waals surface area contributed by atoms with E-state index in [0.29, 0.717) is 24.7 Å². The van der Waals surface area contributed by atoms with E-state index in [0.717, 1.165) is 12.8 Å². The highest BCUT2D eigenvalue weighted by atomic mass is 16.1. The van der Waals surface area contributed by atoms with Crippen molar-refractivity contribution in [3.8, 4) is 0 Å². The quantitative estimate of drug-likeness (QED) is 0.574. The predicted octanol–water partition coefficient (Wildman–Crippen LogP) is -1.06. The van der Waals surface area contributed by atoms with Gasteiger partial charge in [0, 0.05) is 12.5 Å². The molecule has 0 bridgehead atoms. The zero-order valence-electron chi connectivity index (χ0n) is 8.31. The number of carbonyl (C=O) groups excluding carboxylic acids is 1. The molecule has 1 amide bonds. The molecule has 1 unspecified atom stereocenters. The van der Waals surface area contributed by atoms with E-state index in [1.165, 1.54) is 0 Å². The molecule has 1 aromatic rings. The first kappa shape index (κ1) is 10.0. The third kappa shape index (κ3) is 2.98. The van der Waals surface area contributed by atoms with E-state index in [9.17, 15) is 4.79 Å². The van der Waals surface area contributed by atoms with Crippen molar-refractivity contribution >= 4 is 5.91 Å². The van der Waals surface area contributed by atoms with Crippen molar-refractivity contribution in [1.82, 2.24) is 25.9 Å². The normalized spacial score (nSPS) is 17.4. The van der Waals surface area contributed by atoms with Gasteiger partial charge in [0.05, 0.1) is 6.54 Å². The zero-order chi connectivity index (χ0) is 10.7. The minimum atomic E-state index is -0.0563. The maximum absolute atomic E-state index is 11.4. The molecule has 0 spiro atoms. The number of aromatic nitrogens is 4. The molecule has 0 saturated heterocycles. The van der Waals surface area contributed by atoms with Crippen LogP contribution < -0.4 is 11.1 Å². The van der Waals surface area contributed by atoms with Crippen LogP contribution in [0.4, 0.5) is 0 Å². The van der Waals surface area contributed by atoms with Crippen molar-refractivity contribution in [1.29, 1.82) is 0 Å². The van der Waals surface area contributed by atoms with Gasteiger partial charge in [0.2, 0.25) is 5.91 Å². The summed E-state index contributed by atoms with van der Waals surface area (Å²) in [5, 5.41) is 15.8. The summed E-state index contributed by atoms with van der Waals surface area (Å²) in [4.78, 5) is 11.4. The number of carbonyl (C=O) groups is 1. The van der Waals surface area contributed by atoms with Gasteiger partial charge in [-0.2, -0.15) is 5.21 Å². The molecule has 2 rings (SSSR count). The molecule has 1 atom stereocenters.